The van der Waals surface area contributed by atoms with E-state index in [4.69, 9.17) is 23.2 Å². The normalized spacial score (nSPS) is 12.3. The number of aromatic nitrogens is 2. The minimum Gasteiger partial charge on any atom is -0.326 e. The zero-order valence-corrected chi connectivity index (χ0v) is 14.6. The first kappa shape index (κ1) is 16.8. The minimum atomic E-state index is -0.0819. The molecule has 0 saturated carbocycles. The molecule has 2 rings (SSSR count). The first-order valence-corrected chi connectivity index (χ1v) is 7.82. The van der Waals surface area contributed by atoms with E-state index in [-0.39, 0.29) is 11.9 Å². The average Bonchev–Trinajstić information content (AvgIpc) is 2.70. The van der Waals surface area contributed by atoms with Crippen LogP contribution in [0.2, 0.25) is 10.0 Å². The first-order valence-electron chi connectivity index (χ1n) is 7.06. The highest BCUT2D eigenvalue weighted by atomic mass is 35.5. The highest BCUT2D eigenvalue weighted by Gasteiger charge is 2.17. The molecule has 0 saturated heterocycles. The highest BCUT2D eigenvalue weighted by molar-refractivity contribution is 6.31. The summed E-state index contributed by atoms with van der Waals surface area (Å²) in [5.74, 6) is -0.0819. The van der Waals surface area contributed by atoms with E-state index in [0.717, 1.165) is 22.6 Å². The van der Waals surface area contributed by atoms with Crippen LogP contribution in [0.1, 0.15) is 36.3 Å². The fraction of sp³-hybridized carbons (Fsp3) is 0.375. The number of hydrogen-bond donors (Lipinski definition) is 1. The molecule has 1 aromatic carbocycles. The van der Waals surface area contributed by atoms with Crippen LogP contribution in [-0.2, 0) is 4.79 Å². The third-order valence-corrected chi connectivity index (χ3v) is 4.39. The fourth-order valence-corrected chi connectivity index (χ4v) is 2.65. The summed E-state index contributed by atoms with van der Waals surface area (Å²) < 4.78 is 1.79. The van der Waals surface area contributed by atoms with Crippen molar-refractivity contribution >= 4 is 34.8 Å². The van der Waals surface area contributed by atoms with E-state index in [1.165, 1.54) is 0 Å². The molecule has 1 amide bonds. The van der Waals surface area contributed by atoms with Crippen LogP contribution in [0, 0.1) is 20.8 Å². The number of halogens is 2. The SMILES string of the molecule is Cc1ccc(Cl)cc1NC(=O)CC(C)n1nc(C)c(Cl)c1C. The van der Waals surface area contributed by atoms with Crippen molar-refractivity contribution < 1.29 is 4.79 Å². The van der Waals surface area contributed by atoms with Gasteiger partial charge in [0, 0.05) is 17.1 Å². The number of nitrogens with one attached hydrogen (secondary N) is 1. The Morgan fingerprint density at radius 2 is 2.00 bits per heavy atom. The maximum atomic E-state index is 12.2. The van der Waals surface area contributed by atoms with Crippen LogP contribution in [0.4, 0.5) is 5.69 Å². The molecular weight excluding hydrogens is 321 g/mol. The van der Waals surface area contributed by atoms with Crippen LogP contribution in [0.5, 0.6) is 0 Å². The third kappa shape index (κ3) is 3.62. The van der Waals surface area contributed by atoms with E-state index >= 15 is 0 Å². The van der Waals surface area contributed by atoms with Crippen LogP contribution < -0.4 is 5.32 Å². The number of carbonyl (C=O) groups excluding carboxylic acids is 1. The zero-order valence-electron chi connectivity index (χ0n) is 13.1. The monoisotopic (exact) mass is 339 g/mol. The standard InChI is InChI=1S/C16H19Cl2N3O/c1-9-5-6-13(17)8-14(9)19-15(22)7-10(2)21-12(4)16(18)11(3)20-21/h5-6,8,10H,7H2,1-4H3,(H,19,22). The summed E-state index contributed by atoms with van der Waals surface area (Å²) in [6.45, 7) is 7.63. The molecule has 1 atom stereocenters. The molecule has 0 spiro atoms. The van der Waals surface area contributed by atoms with E-state index < -0.39 is 0 Å². The van der Waals surface area contributed by atoms with Crippen molar-refractivity contribution in [1.82, 2.24) is 9.78 Å². The number of carbonyl (C=O) groups is 1. The lowest BCUT2D eigenvalue weighted by Gasteiger charge is -2.15. The summed E-state index contributed by atoms with van der Waals surface area (Å²) >= 11 is 12.1. The van der Waals surface area contributed by atoms with Gasteiger partial charge >= 0.3 is 0 Å². The molecule has 22 heavy (non-hydrogen) atoms. The van der Waals surface area contributed by atoms with E-state index in [9.17, 15) is 4.79 Å². The summed E-state index contributed by atoms with van der Waals surface area (Å²) in [7, 11) is 0. The summed E-state index contributed by atoms with van der Waals surface area (Å²) in [5.41, 5.74) is 3.35. The number of rotatable bonds is 4. The van der Waals surface area contributed by atoms with Gasteiger partial charge < -0.3 is 5.32 Å². The van der Waals surface area contributed by atoms with Crippen LogP contribution in [0.25, 0.3) is 0 Å². The average molecular weight is 340 g/mol. The minimum absolute atomic E-state index is 0.0781. The summed E-state index contributed by atoms with van der Waals surface area (Å²) in [5, 5.41) is 8.53. The summed E-state index contributed by atoms with van der Waals surface area (Å²) in [6, 6.07) is 5.35. The molecule has 0 fully saturated rings. The molecule has 6 heteroatoms. The summed E-state index contributed by atoms with van der Waals surface area (Å²) in [4.78, 5) is 12.2. The van der Waals surface area contributed by atoms with Crippen LogP contribution in [0.15, 0.2) is 18.2 Å². The van der Waals surface area contributed by atoms with E-state index in [1.807, 2.05) is 33.8 Å². The van der Waals surface area contributed by atoms with Gasteiger partial charge in [-0.05, 0) is 45.4 Å². The van der Waals surface area contributed by atoms with E-state index in [2.05, 4.69) is 10.4 Å². The van der Waals surface area contributed by atoms with Gasteiger partial charge in [-0.3, -0.25) is 9.48 Å². The van der Waals surface area contributed by atoms with Crippen molar-refractivity contribution in [2.24, 2.45) is 0 Å². The molecule has 118 valence electrons. The number of amides is 1. The number of nitrogens with zero attached hydrogens (tertiary/aromatic N) is 2. The second-order valence-corrected chi connectivity index (χ2v) is 6.30. The molecule has 4 nitrogen and oxygen atoms in total. The molecule has 0 aliphatic carbocycles. The van der Waals surface area contributed by atoms with Crippen LogP contribution >= 0.6 is 23.2 Å². The van der Waals surface area contributed by atoms with Crippen molar-refractivity contribution in [3.63, 3.8) is 0 Å². The van der Waals surface area contributed by atoms with Gasteiger partial charge in [0.2, 0.25) is 5.91 Å². The molecule has 1 unspecified atom stereocenters. The maximum absolute atomic E-state index is 12.2. The molecule has 1 heterocycles. The molecule has 0 aliphatic rings. The zero-order chi connectivity index (χ0) is 16.4. The van der Waals surface area contributed by atoms with Gasteiger partial charge in [0.1, 0.15) is 0 Å². The van der Waals surface area contributed by atoms with Gasteiger partial charge in [0.25, 0.3) is 0 Å². The molecule has 0 bridgehead atoms. The third-order valence-electron chi connectivity index (χ3n) is 3.61. The topological polar surface area (TPSA) is 46.9 Å². The number of anilines is 1. The Labute approximate surface area is 140 Å². The molecule has 1 aromatic heterocycles. The van der Waals surface area contributed by atoms with E-state index in [0.29, 0.717) is 16.5 Å². The fourth-order valence-electron chi connectivity index (χ4n) is 2.36. The quantitative estimate of drug-likeness (QED) is 0.876. The first-order chi connectivity index (χ1) is 10.3. The Bertz CT molecular complexity index is 710. The summed E-state index contributed by atoms with van der Waals surface area (Å²) in [6.07, 6.45) is 0.310. The highest BCUT2D eigenvalue weighted by Crippen LogP contribution is 2.24. The lowest BCUT2D eigenvalue weighted by molar-refractivity contribution is -0.116. The molecule has 1 N–H and O–H groups in total. The van der Waals surface area contributed by atoms with Crippen molar-refractivity contribution in [2.45, 2.75) is 40.2 Å². The predicted octanol–water partition coefficient (Wildman–Crippen LogP) is 4.70. The Balaban J connectivity index is 2.08. The van der Waals surface area contributed by atoms with Gasteiger partial charge in [-0.15, -0.1) is 0 Å². The van der Waals surface area contributed by atoms with Crippen molar-refractivity contribution in [3.8, 4) is 0 Å². The maximum Gasteiger partial charge on any atom is 0.226 e. The Morgan fingerprint density at radius 1 is 1.32 bits per heavy atom. The lowest BCUT2D eigenvalue weighted by Crippen LogP contribution is -2.19. The van der Waals surface area contributed by atoms with Gasteiger partial charge in [-0.2, -0.15) is 5.10 Å². The van der Waals surface area contributed by atoms with Gasteiger partial charge in [-0.1, -0.05) is 29.3 Å². The smallest absolute Gasteiger partial charge is 0.226 e. The molecule has 0 aliphatic heterocycles. The lowest BCUT2D eigenvalue weighted by atomic mass is 10.1. The van der Waals surface area contributed by atoms with Crippen molar-refractivity contribution in [1.29, 1.82) is 0 Å². The van der Waals surface area contributed by atoms with Crippen LogP contribution in [0.3, 0.4) is 0 Å². The van der Waals surface area contributed by atoms with Gasteiger partial charge in [0.05, 0.1) is 22.5 Å². The second-order valence-electron chi connectivity index (χ2n) is 5.49. The van der Waals surface area contributed by atoms with Crippen molar-refractivity contribution in [3.05, 3.63) is 45.2 Å². The largest absolute Gasteiger partial charge is 0.326 e. The second kappa shape index (κ2) is 6.71. The Kier molecular flexibility index (Phi) is 5.14. The molecule has 2 aromatic rings. The van der Waals surface area contributed by atoms with Gasteiger partial charge in [0.15, 0.2) is 0 Å². The number of benzene rings is 1. The van der Waals surface area contributed by atoms with E-state index in [1.54, 1.807) is 16.8 Å². The predicted molar refractivity (Wildman–Crippen MR) is 90.9 cm³/mol. The van der Waals surface area contributed by atoms with Crippen molar-refractivity contribution in [2.75, 3.05) is 5.32 Å². The van der Waals surface area contributed by atoms with Crippen LogP contribution in [-0.4, -0.2) is 15.7 Å². The number of hydrogen-bond acceptors (Lipinski definition) is 2. The number of aryl methyl sites for hydroxylation is 2. The molecule has 0 radical (unpaired) electrons. The Hall–Kier alpha value is -1.52. The Morgan fingerprint density at radius 3 is 2.59 bits per heavy atom. The van der Waals surface area contributed by atoms with Gasteiger partial charge in [-0.25, -0.2) is 0 Å². The molecular formula is C16H19Cl2N3O.